The fourth-order valence-corrected chi connectivity index (χ4v) is 11.8. The maximum absolute atomic E-state index is 6.72. The third kappa shape index (κ3) is 5.51. The molecule has 0 fully saturated rings. The van der Waals surface area contributed by atoms with E-state index in [4.69, 9.17) is 4.42 Å². The summed E-state index contributed by atoms with van der Waals surface area (Å²) in [5, 5.41) is 4.90. The van der Waals surface area contributed by atoms with Crippen molar-refractivity contribution in [3.63, 3.8) is 0 Å². The van der Waals surface area contributed by atoms with Gasteiger partial charge in [0.05, 0.1) is 5.41 Å². The minimum Gasteiger partial charge on any atom is -0.455 e. The normalized spacial score (nSPS) is 12.8. The molecule has 0 atom stereocenters. The average molecular weight is 834 g/mol. The number of thiophene rings is 1. The summed E-state index contributed by atoms with van der Waals surface area (Å²) in [6, 6.07) is 86.3. The Balaban J connectivity index is 0.940. The molecule has 13 rings (SSSR count). The molecular formula is C61H39NOS. The Hall–Kier alpha value is -7.98. The van der Waals surface area contributed by atoms with Crippen molar-refractivity contribution in [1.82, 2.24) is 0 Å². The standard InChI is InChI=1S/C61H39NOS/c1-4-19-43(20-5-1)61(44-21-6-2-7-22-44)54-28-13-10-25-48(54)49-36-35-47(38-55(49)61)62(45-23-8-3-9-24-45)46-33-31-40(32-34-46)41-17-16-18-42(37-41)52-39-53-50-26-12-15-30-57(50)64-60(53)58-51-27-11-14-29-56(51)63-59(52)58/h1-39H. The molecule has 12 aromatic rings. The van der Waals surface area contributed by atoms with Gasteiger partial charge in [-0.1, -0.05) is 176 Å². The van der Waals surface area contributed by atoms with E-state index in [1.807, 2.05) is 11.3 Å². The van der Waals surface area contributed by atoms with Crippen LogP contribution in [0.5, 0.6) is 0 Å². The molecule has 0 N–H and O–H groups in total. The first-order valence-corrected chi connectivity index (χ1v) is 22.7. The molecule has 3 heteroatoms. The number of hydrogen-bond donors (Lipinski definition) is 0. The van der Waals surface area contributed by atoms with Crippen LogP contribution in [0.2, 0.25) is 0 Å². The van der Waals surface area contributed by atoms with Crippen LogP contribution in [0.15, 0.2) is 241 Å². The summed E-state index contributed by atoms with van der Waals surface area (Å²) in [4.78, 5) is 2.39. The molecule has 0 radical (unpaired) electrons. The summed E-state index contributed by atoms with van der Waals surface area (Å²) in [7, 11) is 0. The summed E-state index contributed by atoms with van der Waals surface area (Å²) < 4.78 is 9.29. The highest BCUT2D eigenvalue weighted by Crippen LogP contribution is 2.57. The third-order valence-electron chi connectivity index (χ3n) is 13.3. The van der Waals surface area contributed by atoms with Crippen LogP contribution in [0.25, 0.3) is 75.5 Å². The van der Waals surface area contributed by atoms with Crippen molar-refractivity contribution in [2.75, 3.05) is 4.90 Å². The van der Waals surface area contributed by atoms with E-state index in [1.165, 1.54) is 58.9 Å². The van der Waals surface area contributed by atoms with Crippen molar-refractivity contribution in [1.29, 1.82) is 0 Å². The molecule has 64 heavy (non-hydrogen) atoms. The molecular weight excluding hydrogens is 795 g/mol. The van der Waals surface area contributed by atoms with Gasteiger partial charge in [-0.15, -0.1) is 11.3 Å². The molecule has 2 nitrogen and oxygen atoms in total. The van der Waals surface area contributed by atoms with Crippen LogP contribution in [0, 0.1) is 0 Å². The molecule has 2 heterocycles. The molecule has 0 amide bonds. The summed E-state index contributed by atoms with van der Waals surface area (Å²) >= 11 is 1.85. The number of fused-ring (bicyclic) bond motifs is 10. The first kappa shape index (κ1) is 36.7. The second kappa shape index (κ2) is 14.6. The van der Waals surface area contributed by atoms with E-state index in [1.54, 1.807) is 0 Å². The lowest BCUT2D eigenvalue weighted by Gasteiger charge is -2.35. The highest BCUT2D eigenvalue weighted by atomic mass is 32.1. The van der Waals surface area contributed by atoms with E-state index in [9.17, 15) is 0 Å². The van der Waals surface area contributed by atoms with Gasteiger partial charge in [-0.3, -0.25) is 0 Å². The molecule has 0 bridgehead atoms. The van der Waals surface area contributed by atoms with Gasteiger partial charge >= 0.3 is 0 Å². The first-order chi connectivity index (χ1) is 31.7. The molecule has 0 aliphatic heterocycles. The average Bonchev–Trinajstić information content (AvgIpc) is 4.03. The number of rotatable bonds is 7. The lowest BCUT2D eigenvalue weighted by Crippen LogP contribution is -2.28. The minimum atomic E-state index is -0.489. The summed E-state index contributed by atoms with van der Waals surface area (Å²) in [5.74, 6) is 0. The fraction of sp³-hybridized carbons (Fsp3) is 0.0164. The Morgan fingerprint density at radius 3 is 1.77 bits per heavy atom. The van der Waals surface area contributed by atoms with Crippen LogP contribution >= 0.6 is 11.3 Å². The maximum Gasteiger partial charge on any atom is 0.144 e. The van der Waals surface area contributed by atoms with Crippen molar-refractivity contribution >= 4 is 70.5 Å². The Morgan fingerprint density at radius 2 is 0.984 bits per heavy atom. The van der Waals surface area contributed by atoms with Gasteiger partial charge in [0.1, 0.15) is 11.2 Å². The van der Waals surface area contributed by atoms with Crippen molar-refractivity contribution in [2.24, 2.45) is 0 Å². The van der Waals surface area contributed by atoms with Crippen molar-refractivity contribution in [3.8, 4) is 33.4 Å². The molecule has 10 aromatic carbocycles. The number of furan rings is 1. The summed E-state index contributed by atoms with van der Waals surface area (Å²) in [5.41, 5.74) is 16.8. The number of anilines is 3. The van der Waals surface area contributed by atoms with Crippen molar-refractivity contribution in [2.45, 2.75) is 5.41 Å². The van der Waals surface area contributed by atoms with Crippen LogP contribution in [0.4, 0.5) is 17.1 Å². The highest BCUT2D eigenvalue weighted by molar-refractivity contribution is 7.26. The van der Waals surface area contributed by atoms with Gasteiger partial charge in [0.2, 0.25) is 0 Å². The highest BCUT2D eigenvalue weighted by Gasteiger charge is 2.46. The van der Waals surface area contributed by atoms with Gasteiger partial charge < -0.3 is 9.32 Å². The molecule has 0 saturated carbocycles. The quantitative estimate of drug-likeness (QED) is 0.159. The van der Waals surface area contributed by atoms with E-state index in [0.29, 0.717) is 0 Å². The van der Waals surface area contributed by atoms with Crippen LogP contribution in [-0.2, 0) is 5.41 Å². The Kier molecular flexibility index (Phi) is 8.34. The monoisotopic (exact) mass is 833 g/mol. The second-order valence-corrected chi connectivity index (χ2v) is 17.8. The summed E-state index contributed by atoms with van der Waals surface area (Å²) in [6.45, 7) is 0. The predicted molar refractivity (Wildman–Crippen MR) is 269 cm³/mol. The van der Waals surface area contributed by atoms with Gasteiger partial charge in [-0.2, -0.15) is 0 Å². The van der Waals surface area contributed by atoms with Crippen LogP contribution in [-0.4, -0.2) is 0 Å². The number of para-hydroxylation sites is 2. The maximum atomic E-state index is 6.72. The summed E-state index contributed by atoms with van der Waals surface area (Å²) in [6.07, 6.45) is 0. The fourth-order valence-electron chi connectivity index (χ4n) is 10.5. The zero-order valence-corrected chi connectivity index (χ0v) is 35.6. The SMILES string of the molecule is c1ccc(N(c2ccc(-c3cccc(-c4cc5c6ccccc6sc5c5c4oc4ccccc45)c3)cc2)c2ccc3c(c2)C(c2ccccc2)(c2ccccc2)c2ccccc2-3)cc1. The lowest BCUT2D eigenvalue weighted by molar-refractivity contribution is 0.670. The van der Waals surface area contributed by atoms with Crippen molar-refractivity contribution < 1.29 is 4.42 Å². The zero-order chi connectivity index (χ0) is 42.2. The zero-order valence-electron chi connectivity index (χ0n) is 34.8. The molecule has 1 aliphatic rings. The first-order valence-electron chi connectivity index (χ1n) is 21.9. The Morgan fingerprint density at radius 1 is 0.375 bits per heavy atom. The van der Waals surface area contributed by atoms with Gasteiger partial charge in [-0.05, 0) is 111 Å². The largest absolute Gasteiger partial charge is 0.455 e. The number of nitrogens with zero attached hydrogens (tertiary/aromatic N) is 1. The molecule has 2 aromatic heterocycles. The van der Waals surface area contributed by atoms with E-state index >= 15 is 0 Å². The molecule has 1 aliphatic carbocycles. The van der Waals surface area contributed by atoms with Gasteiger partial charge in [0.15, 0.2) is 0 Å². The number of benzene rings is 10. The second-order valence-electron chi connectivity index (χ2n) is 16.8. The molecule has 0 spiro atoms. The van der Waals surface area contributed by atoms with Crippen LogP contribution in [0.1, 0.15) is 22.3 Å². The minimum absolute atomic E-state index is 0.489. The topological polar surface area (TPSA) is 16.4 Å². The van der Waals surface area contributed by atoms with Crippen LogP contribution in [0.3, 0.4) is 0 Å². The molecule has 0 saturated heterocycles. The van der Waals surface area contributed by atoms with Crippen molar-refractivity contribution in [3.05, 3.63) is 259 Å². The van der Waals surface area contributed by atoms with Gasteiger partial charge in [0, 0.05) is 53.6 Å². The number of hydrogen-bond acceptors (Lipinski definition) is 3. The Labute approximate surface area is 375 Å². The lowest BCUT2D eigenvalue weighted by atomic mass is 9.67. The predicted octanol–water partition coefficient (Wildman–Crippen LogP) is 17.1. The van der Waals surface area contributed by atoms with Gasteiger partial charge in [-0.25, -0.2) is 0 Å². The Bertz CT molecular complexity index is 3680. The van der Waals surface area contributed by atoms with E-state index in [2.05, 4.69) is 241 Å². The third-order valence-corrected chi connectivity index (χ3v) is 14.5. The van der Waals surface area contributed by atoms with Crippen LogP contribution < -0.4 is 4.90 Å². The van der Waals surface area contributed by atoms with Gasteiger partial charge in [0.25, 0.3) is 0 Å². The molecule has 0 unspecified atom stereocenters. The van der Waals surface area contributed by atoms with E-state index in [0.717, 1.165) is 55.9 Å². The van der Waals surface area contributed by atoms with E-state index < -0.39 is 5.41 Å². The smallest absolute Gasteiger partial charge is 0.144 e. The molecule has 300 valence electrons. The van der Waals surface area contributed by atoms with E-state index in [-0.39, 0.29) is 0 Å².